The normalized spacial score (nSPS) is 17.9. The zero-order valence-corrected chi connectivity index (χ0v) is 16.7. The highest BCUT2D eigenvalue weighted by Gasteiger charge is 2.21. The first-order chi connectivity index (χ1) is 12.5. The van der Waals surface area contributed by atoms with Gasteiger partial charge in [-0.1, -0.05) is 41.4 Å². The maximum atomic E-state index is 9.59. The fourth-order valence-corrected chi connectivity index (χ4v) is 4.00. The molecule has 140 valence electrons. The molecule has 2 aromatic carbocycles. The van der Waals surface area contributed by atoms with Crippen molar-refractivity contribution in [1.82, 2.24) is 9.80 Å². The molecule has 0 aromatic heterocycles. The van der Waals surface area contributed by atoms with Gasteiger partial charge in [0.05, 0.1) is 0 Å². The molecule has 5 heteroatoms. The fraction of sp³-hybridized carbons (Fsp3) is 0.429. The van der Waals surface area contributed by atoms with Gasteiger partial charge in [-0.3, -0.25) is 4.90 Å². The lowest BCUT2D eigenvalue weighted by molar-refractivity contribution is 0.211. The van der Waals surface area contributed by atoms with E-state index >= 15 is 0 Å². The van der Waals surface area contributed by atoms with Crippen molar-refractivity contribution in [3.05, 3.63) is 63.6 Å². The molecule has 0 radical (unpaired) electrons. The second kappa shape index (κ2) is 9.09. The average molecular weight is 393 g/mol. The van der Waals surface area contributed by atoms with E-state index in [1.165, 1.54) is 24.9 Å². The van der Waals surface area contributed by atoms with Gasteiger partial charge in [-0.25, -0.2) is 0 Å². The molecule has 1 fully saturated rings. The summed E-state index contributed by atoms with van der Waals surface area (Å²) < 4.78 is 0. The van der Waals surface area contributed by atoms with Crippen LogP contribution in [-0.4, -0.2) is 41.1 Å². The predicted molar refractivity (Wildman–Crippen MR) is 109 cm³/mol. The minimum Gasteiger partial charge on any atom is -0.508 e. The van der Waals surface area contributed by atoms with Crippen molar-refractivity contribution in [1.29, 1.82) is 0 Å². The summed E-state index contributed by atoms with van der Waals surface area (Å²) in [5, 5.41) is 11.0. The summed E-state index contributed by atoms with van der Waals surface area (Å²) in [6, 6.07) is 13.9. The Morgan fingerprint density at radius 3 is 2.54 bits per heavy atom. The van der Waals surface area contributed by atoms with E-state index in [1.807, 2.05) is 18.2 Å². The highest BCUT2D eigenvalue weighted by atomic mass is 35.5. The van der Waals surface area contributed by atoms with E-state index in [2.05, 4.69) is 29.0 Å². The van der Waals surface area contributed by atoms with Crippen molar-refractivity contribution < 1.29 is 5.11 Å². The summed E-state index contributed by atoms with van der Waals surface area (Å²) in [6.07, 6.45) is 3.73. The Morgan fingerprint density at radius 1 is 1.12 bits per heavy atom. The SMILES string of the molecule is CN1CCCC1CCN(Cc1ccc(Cl)cc1)Cc1ccc(O)cc1Cl. The third-order valence-electron chi connectivity index (χ3n) is 5.20. The van der Waals surface area contributed by atoms with E-state index in [0.29, 0.717) is 11.1 Å². The molecule has 1 saturated heterocycles. The Labute approximate surface area is 166 Å². The van der Waals surface area contributed by atoms with Gasteiger partial charge in [0.15, 0.2) is 0 Å². The van der Waals surface area contributed by atoms with Crippen LogP contribution in [0.2, 0.25) is 10.0 Å². The van der Waals surface area contributed by atoms with Gasteiger partial charge in [0.25, 0.3) is 0 Å². The second-order valence-electron chi connectivity index (χ2n) is 7.18. The number of nitrogens with zero attached hydrogens (tertiary/aromatic N) is 2. The molecule has 26 heavy (non-hydrogen) atoms. The van der Waals surface area contributed by atoms with Crippen LogP contribution >= 0.6 is 23.2 Å². The summed E-state index contributed by atoms with van der Waals surface area (Å²) >= 11 is 12.4. The molecule has 1 atom stereocenters. The number of aromatic hydroxyl groups is 1. The molecule has 2 aromatic rings. The molecule has 0 spiro atoms. The number of halogens is 2. The van der Waals surface area contributed by atoms with Gasteiger partial charge < -0.3 is 10.0 Å². The van der Waals surface area contributed by atoms with Crippen LogP contribution in [0.25, 0.3) is 0 Å². The summed E-state index contributed by atoms with van der Waals surface area (Å²) in [6.45, 7) is 3.82. The number of benzene rings is 2. The first-order valence-corrected chi connectivity index (χ1v) is 9.91. The molecule has 3 rings (SSSR count). The van der Waals surface area contributed by atoms with E-state index < -0.39 is 0 Å². The Balaban J connectivity index is 1.70. The van der Waals surface area contributed by atoms with Crippen molar-refractivity contribution in [2.75, 3.05) is 20.1 Å². The van der Waals surface area contributed by atoms with Crippen LogP contribution in [-0.2, 0) is 13.1 Å². The van der Waals surface area contributed by atoms with Crippen molar-refractivity contribution in [2.24, 2.45) is 0 Å². The summed E-state index contributed by atoms with van der Waals surface area (Å²) in [4.78, 5) is 4.89. The zero-order chi connectivity index (χ0) is 18.5. The molecule has 0 amide bonds. The van der Waals surface area contributed by atoms with Gasteiger partial charge in [-0.05, 0) is 68.2 Å². The number of hydrogen-bond donors (Lipinski definition) is 1. The molecule has 1 N–H and O–H groups in total. The topological polar surface area (TPSA) is 26.7 Å². The molecule has 3 nitrogen and oxygen atoms in total. The second-order valence-corrected chi connectivity index (χ2v) is 8.02. The summed E-state index contributed by atoms with van der Waals surface area (Å²) in [7, 11) is 2.22. The van der Waals surface area contributed by atoms with Crippen LogP contribution in [0.4, 0.5) is 0 Å². The zero-order valence-electron chi connectivity index (χ0n) is 15.2. The highest BCUT2D eigenvalue weighted by Crippen LogP contribution is 2.25. The van der Waals surface area contributed by atoms with Gasteiger partial charge in [0, 0.05) is 35.7 Å². The lowest BCUT2D eigenvalue weighted by Gasteiger charge is -2.27. The van der Waals surface area contributed by atoms with Crippen LogP contribution in [0, 0.1) is 0 Å². The molecule has 0 aliphatic carbocycles. The van der Waals surface area contributed by atoms with Gasteiger partial charge >= 0.3 is 0 Å². The predicted octanol–water partition coefficient (Wildman–Crippen LogP) is 5.19. The first kappa shape index (κ1) is 19.5. The van der Waals surface area contributed by atoms with Crippen molar-refractivity contribution in [3.8, 4) is 5.75 Å². The Kier molecular flexibility index (Phi) is 6.82. The molecular formula is C21H26Cl2N2O. The van der Waals surface area contributed by atoms with E-state index in [4.69, 9.17) is 23.2 Å². The Hall–Kier alpha value is -1.26. The minimum absolute atomic E-state index is 0.204. The van der Waals surface area contributed by atoms with Gasteiger partial charge in [0.2, 0.25) is 0 Å². The fourth-order valence-electron chi connectivity index (χ4n) is 3.64. The number of rotatable bonds is 7. The van der Waals surface area contributed by atoms with E-state index in [1.54, 1.807) is 12.1 Å². The molecular weight excluding hydrogens is 367 g/mol. The van der Waals surface area contributed by atoms with Gasteiger partial charge in [0.1, 0.15) is 5.75 Å². The largest absolute Gasteiger partial charge is 0.508 e. The molecule has 1 heterocycles. The van der Waals surface area contributed by atoms with Crippen molar-refractivity contribution >= 4 is 23.2 Å². The number of likely N-dealkylation sites (tertiary alicyclic amines) is 1. The van der Waals surface area contributed by atoms with Crippen LogP contribution in [0.3, 0.4) is 0 Å². The third-order valence-corrected chi connectivity index (χ3v) is 5.80. The quantitative estimate of drug-likeness (QED) is 0.702. The van der Waals surface area contributed by atoms with E-state index in [-0.39, 0.29) is 5.75 Å². The van der Waals surface area contributed by atoms with Crippen molar-refractivity contribution in [3.63, 3.8) is 0 Å². The van der Waals surface area contributed by atoms with E-state index in [9.17, 15) is 5.11 Å². The maximum absolute atomic E-state index is 9.59. The number of hydrogen-bond acceptors (Lipinski definition) is 3. The standard InChI is InChI=1S/C21H26Cl2N2O/c1-24-11-2-3-19(24)10-12-25(14-16-4-7-18(22)8-5-16)15-17-6-9-20(26)13-21(17)23/h4-9,13,19,26H,2-3,10-12,14-15H2,1H3. The minimum atomic E-state index is 0.204. The summed E-state index contributed by atoms with van der Waals surface area (Å²) in [5.41, 5.74) is 2.28. The lowest BCUT2D eigenvalue weighted by atomic mass is 10.1. The van der Waals surface area contributed by atoms with Crippen LogP contribution in [0.5, 0.6) is 5.75 Å². The van der Waals surface area contributed by atoms with Gasteiger partial charge in [-0.15, -0.1) is 0 Å². The first-order valence-electron chi connectivity index (χ1n) is 9.15. The Morgan fingerprint density at radius 2 is 1.88 bits per heavy atom. The molecule has 1 aliphatic rings. The van der Waals surface area contributed by atoms with E-state index in [0.717, 1.165) is 36.6 Å². The highest BCUT2D eigenvalue weighted by molar-refractivity contribution is 6.31. The van der Waals surface area contributed by atoms with Crippen molar-refractivity contribution in [2.45, 2.75) is 38.4 Å². The number of phenolic OH excluding ortho intramolecular Hbond substituents is 1. The molecule has 1 unspecified atom stereocenters. The Bertz CT molecular complexity index is 720. The van der Waals surface area contributed by atoms with Gasteiger partial charge in [-0.2, -0.15) is 0 Å². The third kappa shape index (κ3) is 5.37. The average Bonchev–Trinajstić information content (AvgIpc) is 3.02. The summed E-state index contributed by atoms with van der Waals surface area (Å²) in [5.74, 6) is 0.204. The van der Waals surface area contributed by atoms with Crippen LogP contribution in [0.15, 0.2) is 42.5 Å². The molecule has 0 saturated carbocycles. The molecule has 0 bridgehead atoms. The maximum Gasteiger partial charge on any atom is 0.117 e. The number of phenols is 1. The molecule has 1 aliphatic heterocycles. The van der Waals surface area contributed by atoms with Crippen LogP contribution < -0.4 is 0 Å². The smallest absolute Gasteiger partial charge is 0.117 e. The lowest BCUT2D eigenvalue weighted by Crippen LogP contribution is -2.31. The monoisotopic (exact) mass is 392 g/mol. The van der Waals surface area contributed by atoms with Crippen LogP contribution in [0.1, 0.15) is 30.4 Å².